The Bertz CT molecular complexity index is 2140. The number of amides is 1. The van der Waals surface area contributed by atoms with Gasteiger partial charge in [-0.1, -0.05) is 0 Å². The molecular weight excluding hydrogens is 686 g/mol. The molecule has 0 fully saturated rings. The van der Waals surface area contributed by atoms with Crippen LogP contribution in [-0.2, 0) is 14.4 Å². The molecule has 0 aliphatic carbocycles. The first-order chi connectivity index (χ1) is 25.0. The van der Waals surface area contributed by atoms with Gasteiger partial charge in [0, 0.05) is 46.0 Å². The molecule has 5 heterocycles. The average molecular weight is 734 g/mol. The van der Waals surface area contributed by atoms with Gasteiger partial charge < -0.3 is 45.7 Å². The average Bonchev–Trinajstić information content (AvgIpc) is 3.76. The van der Waals surface area contributed by atoms with E-state index in [1.807, 2.05) is 52.0 Å². The molecular formula is C38H47N5O10. The van der Waals surface area contributed by atoms with Gasteiger partial charge in [-0.3, -0.25) is 19.3 Å². The third-order valence-electron chi connectivity index (χ3n) is 9.48. The summed E-state index contributed by atoms with van der Waals surface area (Å²) >= 11 is 0. The van der Waals surface area contributed by atoms with Crippen LogP contribution in [0, 0.1) is 13.8 Å². The summed E-state index contributed by atoms with van der Waals surface area (Å²) in [5.41, 5.74) is 11.7. The molecule has 9 N–H and O–H groups in total. The molecule has 5 rings (SSSR count). The van der Waals surface area contributed by atoms with Crippen LogP contribution in [0.25, 0.3) is 44.4 Å². The Hall–Kier alpha value is -5.19. The van der Waals surface area contributed by atoms with Crippen LogP contribution in [0.1, 0.15) is 111 Å². The van der Waals surface area contributed by atoms with E-state index >= 15 is 0 Å². The summed E-state index contributed by atoms with van der Waals surface area (Å²) in [6.45, 7) is 9.26. The van der Waals surface area contributed by atoms with Gasteiger partial charge in [0.2, 0.25) is 0 Å². The fraction of sp³-hybridized carbons (Fsp3) is 0.395. The van der Waals surface area contributed by atoms with Crippen LogP contribution < -0.4 is 0 Å². The molecule has 2 aliphatic heterocycles. The molecule has 0 saturated heterocycles. The minimum atomic E-state index is -0.921. The van der Waals surface area contributed by atoms with Gasteiger partial charge in [-0.2, -0.15) is 0 Å². The van der Waals surface area contributed by atoms with E-state index in [0.717, 1.165) is 50.0 Å². The number of nitrogens with zero attached hydrogens (tertiary/aromatic N) is 3. The number of allylic oxidation sites excluding steroid dienone is 4. The first-order valence-electron chi connectivity index (χ1n) is 17.1. The summed E-state index contributed by atoms with van der Waals surface area (Å²) in [4.78, 5) is 50.9. The van der Waals surface area contributed by atoms with Gasteiger partial charge in [0.1, 0.15) is 20.1 Å². The van der Waals surface area contributed by atoms with E-state index in [-0.39, 0.29) is 25.7 Å². The fourth-order valence-corrected chi connectivity index (χ4v) is 6.62. The number of aliphatic hydroxyl groups excluding tert-OH is 5. The van der Waals surface area contributed by atoms with Gasteiger partial charge in [-0.05, 0) is 112 Å². The van der Waals surface area contributed by atoms with Crippen LogP contribution in [0.3, 0.4) is 0 Å². The van der Waals surface area contributed by atoms with E-state index in [1.165, 1.54) is 0 Å². The van der Waals surface area contributed by atoms with Gasteiger partial charge in [0.15, 0.2) is 0 Å². The Morgan fingerprint density at radius 3 is 1.40 bits per heavy atom. The Morgan fingerprint density at radius 2 is 1.04 bits per heavy atom. The number of aryl methyl sites for hydroxylation is 2. The predicted octanol–water partition coefficient (Wildman–Crippen LogP) is 4.34. The van der Waals surface area contributed by atoms with Gasteiger partial charge in [0.05, 0.1) is 35.0 Å². The molecule has 0 radical (unpaired) electrons. The summed E-state index contributed by atoms with van der Waals surface area (Å²) in [6.07, 6.45) is -1.18. The SMILES string of the molecule is CC1=C(CCC(=O)O)c2cc3nc(cc4[nH]c(cc5[nH]c(cc1n2)c(C)c5C(C)O)c(C)c4C(C)O)C(C)=C3CCC(=O)O.O=C(CO)N(CO)CO. The van der Waals surface area contributed by atoms with Crippen molar-refractivity contribution in [3.63, 3.8) is 0 Å². The molecule has 2 aliphatic rings. The van der Waals surface area contributed by atoms with Crippen LogP contribution in [0.2, 0.25) is 0 Å². The van der Waals surface area contributed by atoms with Crippen molar-refractivity contribution >= 4 is 62.2 Å². The van der Waals surface area contributed by atoms with Crippen LogP contribution in [0.15, 0.2) is 24.3 Å². The maximum atomic E-state index is 11.6. The molecule has 2 atom stereocenters. The van der Waals surface area contributed by atoms with Crippen molar-refractivity contribution in [3.8, 4) is 0 Å². The van der Waals surface area contributed by atoms with Gasteiger partial charge in [-0.25, -0.2) is 9.97 Å². The lowest BCUT2D eigenvalue weighted by Crippen LogP contribution is -2.34. The second-order valence-electron chi connectivity index (χ2n) is 13.0. The van der Waals surface area contributed by atoms with Crippen LogP contribution >= 0.6 is 0 Å². The number of carbonyl (C=O) groups excluding carboxylic acids is 1. The summed E-state index contributed by atoms with van der Waals surface area (Å²) in [6, 6.07) is 7.51. The number of hydrogen-bond donors (Lipinski definition) is 9. The molecule has 0 aromatic carbocycles. The van der Waals surface area contributed by atoms with E-state index in [0.29, 0.717) is 44.3 Å². The van der Waals surface area contributed by atoms with E-state index in [1.54, 1.807) is 13.8 Å². The summed E-state index contributed by atoms with van der Waals surface area (Å²) in [5.74, 6) is -2.53. The summed E-state index contributed by atoms with van der Waals surface area (Å²) < 4.78 is 0. The molecule has 53 heavy (non-hydrogen) atoms. The number of aromatic amines is 2. The molecule has 15 heteroatoms. The lowest BCUT2D eigenvalue weighted by molar-refractivity contribution is -0.142. The number of carboxylic acid groups (broad SMARTS) is 2. The predicted molar refractivity (Wildman–Crippen MR) is 199 cm³/mol. The number of aliphatic carboxylic acids is 2. The van der Waals surface area contributed by atoms with Crippen LogP contribution in [0.4, 0.5) is 0 Å². The molecule has 1 amide bonds. The third kappa shape index (κ3) is 8.89. The number of carbonyl (C=O) groups is 3. The van der Waals surface area contributed by atoms with Crippen molar-refractivity contribution < 1.29 is 50.1 Å². The molecule has 8 bridgehead atoms. The van der Waals surface area contributed by atoms with Crippen LogP contribution in [-0.4, -0.2) is 98.5 Å². The fourth-order valence-electron chi connectivity index (χ4n) is 6.62. The van der Waals surface area contributed by atoms with Crippen molar-refractivity contribution in [2.45, 2.75) is 79.4 Å². The smallest absolute Gasteiger partial charge is 0.303 e. The Balaban J connectivity index is 0.000000618. The Morgan fingerprint density at radius 1 is 0.642 bits per heavy atom. The number of fused-ring (bicyclic) bond motifs is 8. The highest BCUT2D eigenvalue weighted by Crippen LogP contribution is 2.38. The van der Waals surface area contributed by atoms with Gasteiger partial charge in [0.25, 0.3) is 5.91 Å². The Labute approximate surface area is 305 Å². The van der Waals surface area contributed by atoms with E-state index in [9.17, 15) is 34.8 Å². The molecule has 15 nitrogen and oxygen atoms in total. The highest BCUT2D eigenvalue weighted by molar-refractivity contribution is 5.96. The molecule has 2 unspecified atom stereocenters. The number of nitrogens with one attached hydrogen (secondary N) is 2. The minimum Gasteiger partial charge on any atom is -0.481 e. The molecule has 284 valence electrons. The number of rotatable bonds is 11. The van der Waals surface area contributed by atoms with Gasteiger partial charge in [-0.15, -0.1) is 0 Å². The standard InChI is InChI=1S/C34H38N4O6.C4H9NO4/c1-15-21(7-9-31(41)42)27-14-28-22(8-10-32(43)44)16(2)24(36-28)12-29-34(20(6)40)18(4)26(38-29)13-30-33(19(5)39)17(3)25(37-30)11-23(15)35-27;6-1-4(9)5(2-7)3-8/h11-14,19-20,37-40H,7-10H2,1-6H3,(H,41,42)(H,43,44);6-8H,1-3H2. The molecule has 3 aromatic rings. The lowest BCUT2D eigenvalue weighted by atomic mass is 9.98. The monoisotopic (exact) mass is 733 g/mol. The van der Waals surface area contributed by atoms with Crippen LogP contribution in [0.5, 0.6) is 0 Å². The summed E-state index contributed by atoms with van der Waals surface area (Å²) in [5, 5.41) is 65.2. The highest BCUT2D eigenvalue weighted by atomic mass is 16.4. The largest absolute Gasteiger partial charge is 0.481 e. The number of carboxylic acids is 2. The van der Waals surface area contributed by atoms with E-state index in [2.05, 4.69) is 9.97 Å². The maximum absolute atomic E-state index is 11.6. The first-order valence-corrected chi connectivity index (χ1v) is 17.1. The number of hydrogen-bond acceptors (Lipinski definition) is 10. The maximum Gasteiger partial charge on any atom is 0.303 e. The Kier molecular flexibility index (Phi) is 13.1. The van der Waals surface area contributed by atoms with Crippen molar-refractivity contribution in [2.24, 2.45) is 0 Å². The number of aliphatic hydroxyl groups is 5. The van der Waals surface area contributed by atoms with E-state index in [4.69, 9.17) is 25.3 Å². The zero-order valence-corrected chi connectivity index (χ0v) is 30.6. The van der Waals surface area contributed by atoms with Crippen molar-refractivity contribution in [3.05, 3.63) is 69.3 Å². The topological polar surface area (TPSA) is 253 Å². The quantitative estimate of drug-likeness (QED) is 0.125. The van der Waals surface area contributed by atoms with Crippen molar-refractivity contribution in [1.29, 1.82) is 0 Å². The van der Waals surface area contributed by atoms with Crippen molar-refractivity contribution in [1.82, 2.24) is 24.8 Å². The normalized spacial score (nSPS) is 13.8. The van der Waals surface area contributed by atoms with E-state index < -0.39 is 50.1 Å². The number of aromatic nitrogens is 4. The zero-order chi connectivity index (χ0) is 39.3. The van der Waals surface area contributed by atoms with Crippen molar-refractivity contribution in [2.75, 3.05) is 20.1 Å². The highest BCUT2D eigenvalue weighted by Gasteiger charge is 2.23. The molecule has 0 spiro atoms. The first kappa shape index (κ1) is 40.6. The third-order valence-corrected chi connectivity index (χ3v) is 9.48. The lowest BCUT2D eigenvalue weighted by Gasteiger charge is -2.13. The summed E-state index contributed by atoms with van der Waals surface area (Å²) in [7, 11) is 0. The number of H-pyrrole nitrogens is 2. The zero-order valence-electron chi connectivity index (χ0n) is 30.6. The minimum absolute atomic E-state index is 0.0750. The second-order valence-corrected chi connectivity index (χ2v) is 13.0. The second kappa shape index (κ2) is 17.1. The molecule has 3 aromatic heterocycles. The van der Waals surface area contributed by atoms with Gasteiger partial charge >= 0.3 is 11.9 Å². The molecule has 0 saturated carbocycles.